The number of hydrogen-bond donors (Lipinski definition) is 0. The van der Waals surface area contributed by atoms with E-state index in [4.69, 9.17) is 4.74 Å². The second-order valence-corrected chi connectivity index (χ2v) is 6.78. The van der Waals surface area contributed by atoms with Crippen LogP contribution in [-0.2, 0) is 11.2 Å². The van der Waals surface area contributed by atoms with E-state index >= 15 is 0 Å². The zero-order chi connectivity index (χ0) is 14.0. The predicted octanol–water partition coefficient (Wildman–Crippen LogP) is 4.32. The lowest BCUT2D eigenvalue weighted by Crippen LogP contribution is -2.22. The molecule has 0 fully saturated rings. The Kier molecular flexibility index (Phi) is 4.14. The van der Waals surface area contributed by atoms with E-state index in [0.717, 1.165) is 28.6 Å². The van der Waals surface area contributed by atoms with E-state index in [0.29, 0.717) is 6.42 Å². The fourth-order valence-corrected chi connectivity index (χ4v) is 3.04. The van der Waals surface area contributed by atoms with Gasteiger partial charge in [0.2, 0.25) is 0 Å². The van der Waals surface area contributed by atoms with E-state index in [9.17, 15) is 4.79 Å². The van der Waals surface area contributed by atoms with E-state index in [1.54, 1.807) is 7.11 Å². The topological polar surface area (TPSA) is 26.3 Å². The minimum Gasteiger partial charge on any atom is -0.497 e. The lowest BCUT2D eigenvalue weighted by atomic mass is 9.75. The third-order valence-electron chi connectivity index (χ3n) is 3.39. The molecule has 0 aromatic heterocycles. The fourth-order valence-electron chi connectivity index (χ4n) is 2.65. The van der Waals surface area contributed by atoms with Crippen LogP contribution in [0.3, 0.4) is 0 Å². The molecule has 2 rings (SSSR count). The third kappa shape index (κ3) is 3.69. The van der Waals surface area contributed by atoms with Gasteiger partial charge in [0.1, 0.15) is 5.75 Å². The van der Waals surface area contributed by atoms with Crippen molar-refractivity contribution in [2.24, 2.45) is 5.41 Å². The van der Waals surface area contributed by atoms with Crippen molar-refractivity contribution in [3.63, 3.8) is 0 Å². The number of carbonyl (C=O) groups excluding carboxylic acids is 1. The molecule has 0 saturated carbocycles. The maximum Gasteiger partial charge on any atom is 0.156 e. The molecule has 0 bridgehead atoms. The molecule has 0 spiro atoms. The monoisotopic (exact) mass is 322 g/mol. The Morgan fingerprint density at radius 3 is 2.68 bits per heavy atom. The summed E-state index contributed by atoms with van der Waals surface area (Å²) in [6, 6.07) is 5.94. The first kappa shape index (κ1) is 14.3. The Balaban J connectivity index is 2.24. The van der Waals surface area contributed by atoms with Gasteiger partial charge in [-0.05, 0) is 48.1 Å². The minimum atomic E-state index is 0.0759. The molecule has 1 aromatic carbocycles. The zero-order valence-corrected chi connectivity index (χ0v) is 13.2. The number of benzene rings is 1. The summed E-state index contributed by atoms with van der Waals surface area (Å²) in [6.45, 7) is 4.30. The first-order valence-corrected chi connectivity index (χ1v) is 7.24. The molecule has 19 heavy (non-hydrogen) atoms. The summed E-state index contributed by atoms with van der Waals surface area (Å²) in [4.78, 5) is 11.8. The third-order valence-corrected chi connectivity index (χ3v) is 4.17. The SMILES string of the molecule is COc1ccc(Br)c(CC2=CC(=O)CC(C)(C)C2)c1. The van der Waals surface area contributed by atoms with E-state index in [2.05, 4.69) is 29.8 Å². The van der Waals surface area contributed by atoms with Crippen molar-refractivity contribution in [1.29, 1.82) is 0 Å². The van der Waals surface area contributed by atoms with Crippen LogP contribution in [0, 0.1) is 5.41 Å². The van der Waals surface area contributed by atoms with Gasteiger partial charge < -0.3 is 4.74 Å². The van der Waals surface area contributed by atoms with E-state index in [1.165, 1.54) is 5.57 Å². The molecule has 0 amide bonds. The highest BCUT2D eigenvalue weighted by atomic mass is 79.9. The van der Waals surface area contributed by atoms with E-state index in [1.807, 2.05) is 24.3 Å². The highest BCUT2D eigenvalue weighted by Gasteiger charge is 2.27. The molecular weight excluding hydrogens is 304 g/mol. The zero-order valence-electron chi connectivity index (χ0n) is 11.6. The normalized spacial score (nSPS) is 18.1. The fraction of sp³-hybridized carbons (Fsp3) is 0.438. The van der Waals surface area contributed by atoms with Crippen molar-refractivity contribution in [3.05, 3.63) is 39.9 Å². The summed E-state index contributed by atoms with van der Waals surface area (Å²) in [5.74, 6) is 1.09. The van der Waals surface area contributed by atoms with Gasteiger partial charge in [-0.15, -0.1) is 0 Å². The Morgan fingerprint density at radius 2 is 2.05 bits per heavy atom. The Labute approximate surface area is 123 Å². The van der Waals surface area contributed by atoms with Crippen molar-refractivity contribution >= 4 is 21.7 Å². The van der Waals surface area contributed by atoms with Crippen molar-refractivity contribution in [2.75, 3.05) is 7.11 Å². The average molecular weight is 323 g/mol. The molecule has 1 aliphatic rings. The maximum absolute atomic E-state index is 11.8. The first-order chi connectivity index (χ1) is 8.89. The molecule has 3 heteroatoms. The maximum atomic E-state index is 11.8. The van der Waals surface area contributed by atoms with Crippen molar-refractivity contribution in [3.8, 4) is 5.75 Å². The number of rotatable bonds is 3. The second-order valence-electron chi connectivity index (χ2n) is 5.92. The Hall–Kier alpha value is -1.09. The second kappa shape index (κ2) is 5.49. The van der Waals surface area contributed by atoms with Gasteiger partial charge in [-0.3, -0.25) is 4.79 Å². The van der Waals surface area contributed by atoms with Gasteiger partial charge in [0.05, 0.1) is 7.11 Å². The highest BCUT2D eigenvalue weighted by Crippen LogP contribution is 2.36. The van der Waals surface area contributed by atoms with Crippen LogP contribution in [-0.4, -0.2) is 12.9 Å². The summed E-state index contributed by atoms with van der Waals surface area (Å²) < 4.78 is 6.31. The molecule has 1 aliphatic carbocycles. The van der Waals surface area contributed by atoms with Gasteiger partial charge in [-0.2, -0.15) is 0 Å². The number of ether oxygens (including phenoxy) is 1. The van der Waals surface area contributed by atoms with Crippen LogP contribution < -0.4 is 4.74 Å². The van der Waals surface area contributed by atoms with Gasteiger partial charge in [0.15, 0.2) is 5.78 Å². The van der Waals surface area contributed by atoms with Crippen LogP contribution in [0.25, 0.3) is 0 Å². The smallest absolute Gasteiger partial charge is 0.156 e. The number of hydrogen-bond acceptors (Lipinski definition) is 2. The van der Waals surface area contributed by atoms with Gasteiger partial charge in [-0.1, -0.05) is 35.4 Å². The average Bonchev–Trinajstić information content (AvgIpc) is 2.29. The van der Waals surface area contributed by atoms with E-state index < -0.39 is 0 Å². The van der Waals surface area contributed by atoms with Gasteiger partial charge in [-0.25, -0.2) is 0 Å². The molecule has 0 unspecified atom stereocenters. The van der Waals surface area contributed by atoms with E-state index in [-0.39, 0.29) is 11.2 Å². The quantitative estimate of drug-likeness (QED) is 0.828. The number of halogens is 1. The van der Waals surface area contributed by atoms with Crippen molar-refractivity contribution in [1.82, 2.24) is 0 Å². The molecule has 0 radical (unpaired) electrons. The Bertz CT molecular complexity index is 530. The molecule has 2 nitrogen and oxygen atoms in total. The molecule has 0 heterocycles. The van der Waals surface area contributed by atoms with Crippen molar-refractivity contribution < 1.29 is 9.53 Å². The van der Waals surface area contributed by atoms with Crippen LogP contribution in [0.15, 0.2) is 34.3 Å². The van der Waals surface area contributed by atoms with Crippen LogP contribution >= 0.6 is 15.9 Å². The number of allylic oxidation sites excluding steroid dienone is 2. The standard InChI is InChI=1S/C16H19BrO2/c1-16(2)9-11(7-13(18)10-16)6-12-8-14(19-3)4-5-15(12)17/h4-5,7-8H,6,9-10H2,1-3H3. The van der Waals surface area contributed by atoms with Crippen LogP contribution in [0.1, 0.15) is 32.3 Å². The summed E-state index contributed by atoms with van der Waals surface area (Å²) >= 11 is 3.56. The number of ketones is 1. The van der Waals surface area contributed by atoms with Gasteiger partial charge >= 0.3 is 0 Å². The van der Waals surface area contributed by atoms with Crippen LogP contribution in [0.5, 0.6) is 5.75 Å². The molecular formula is C16H19BrO2. The minimum absolute atomic E-state index is 0.0759. The lowest BCUT2D eigenvalue weighted by molar-refractivity contribution is -0.117. The first-order valence-electron chi connectivity index (χ1n) is 6.44. The van der Waals surface area contributed by atoms with Crippen LogP contribution in [0.2, 0.25) is 0 Å². The number of methoxy groups -OCH3 is 1. The van der Waals surface area contributed by atoms with Gasteiger partial charge in [0.25, 0.3) is 0 Å². The molecule has 0 aliphatic heterocycles. The highest BCUT2D eigenvalue weighted by molar-refractivity contribution is 9.10. The van der Waals surface area contributed by atoms with Gasteiger partial charge in [0, 0.05) is 10.9 Å². The lowest BCUT2D eigenvalue weighted by Gasteiger charge is -2.29. The van der Waals surface area contributed by atoms with Crippen LogP contribution in [0.4, 0.5) is 0 Å². The molecule has 0 saturated heterocycles. The predicted molar refractivity (Wildman–Crippen MR) is 80.5 cm³/mol. The molecule has 0 atom stereocenters. The summed E-state index contributed by atoms with van der Waals surface area (Å²) in [5.41, 5.74) is 2.44. The summed E-state index contributed by atoms with van der Waals surface area (Å²) in [7, 11) is 1.67. The molecule has 1 aromatic rings. The largest absolute Gasteiger partial charge is 0.497 e. The Morgan fingerprint density at radius 1 is 1.32 bits per heavy atom. The molecule has 0 N–H and O–H groups in total. The van der Waals surface area contributed by atoms with Crippen molar-refractivity contribution in [2.45, 2.75) is 33.1 Å². The molecule has 102 valence electrons. The summed E-state index contributed by atoms with van der Waals surface area (Å²) in [6.07, 6.45) is 4.24. The summed E-state index contributed by atoms with van der Waals surface area (Å²) in [5, 5.41) is 0. The number of carbonyl (C=O) groups is 1.